The van der Waals surface area contributed by atoms with Gasteiger partial charge < -0.3 is 10.6 Å². The van der Waals surface area contributed by atoms with Crippen molar-refractivity contribution >= 4 is 17.3 Å². The molecule has 104 valence electrons. The predicted molar refractivity (Wildman–Crippen MR) is 74.0 cm³/mol. The number of nitro benzene ring substituents is 1. The smallest absolute Gasteiger partial charge is 0.282 e. The van der Waals surface area contributed by atoms with E-state index in [0.717, 1.165) is 12.8 Å². The number of carbonyl (C=O) groups excluding carboxylic acids is 1. The van der Waals surface area contributed by atoms with Crippen molar-refractivity contribution < 1.29 is 9.72 Å². The number of nitrogen functional groups attached to an aromatic ring is 1. The Morgan fingerprint density at radius 2 is 1.89 bits per heavy atom. The van der Waals surface area contributed by atoms with Gasteiger partial charge in [0.2, 0.25) is 0 Å². The van der Waals surface area contributed by atoms with Crippen molar-refractivity contribution in [1.82, 2.24) is 4.90 Å². The van der Waals surface area contributed by atoms with Crippen LogP contribution in [0.15, 0.2) is 18.2 Å². The first-order chi connectivity index (χ1) is 9.01. The van der Waals surface area contributed by atoms with Gasteiger partial charge >= 0.3 is 0 Å². The lowest BCUT2D eigenvalue weighted by Crippen LogP contribution is -2.33. The van der Waals surface area contributed by atoms with Gasteiger partial charge in [0.15, 0.2) is 0 Å². The van der Waals surface area contributed by atoms with Gasteiger partial charge in [0.05, 0.1) is 4.92 Å². The topological polar surface area (TPSA) is 89.5 Å². The third kappa shape index (κ3) is 3.67. The van der Waals surface area contributed by atoms with E-state index in [-0.39, 0.29) is 17.2 Å². The number of rotatable bonds is 6. The fourth-order valence-corrected chi connectivity index (χ4v) is 1.91. The minimum absolute atomic E-state index is 0.0619. The molecule has 1 rings (SSSR count). The minimum atomic E-state index is -0.553. The third-order valence-corrected chi connectivity index (χ3v) is 2.72. The summed E-state index contributed by atoms with van der Waals surface area (Å²) in [6, 6.07) is 4.08. The van der Waals surface area contributed by atoms with Crippen LogP contribution in [0.5, 0.6) is 0 Å². The maximum absolute atomic E-state index is 12.4. The first kappa shape index (κ1) is 14.9. The number of nitrogens with two attached hydrogens (primary N) is 1. The Morgan fingerprint density at radius 1 is 1.32 bits per heavy atom. The highest BCUT2D eigenvalue weighted by Crippen LogP contribution is 2.23. The molecule has 0 spiro atoms. The SMILES string of the molecule is CCCN(CCC)C(=O)c1cc(N)ccc1[N+](=O)[O-]. The second kappa shape index (κ2) is 6.72. The first-order valence-corrected chi connectivity index (χ1v) is 6.34. The molecule has 0 aromatic heterocycles. The predicted octanol–water partition coefficient (Wildman–Crippen LogP) is 2.44. The zero-order valence-corrected chi connectivity index (χ0v) is 11.3. The molecule has 6 nitrogen and oxygen atoms in total. The molecule has 0 saturated heterocycles. The largest absolute Gasteiger partial charge is 0.399 e. The number of hydrogen-bond donors (Lipinski definition) is 1. The van der Waals surface area contributed by atoms with Gasteiger partial charge in [-0.15, -0.1) is 0 Å². The zero-order valence-electron chi connectivity index (χ0n) is 11.3. The van der Waals surface area contributed by atoms with Gasteiger partial charge in [0.1, 0.15) is 5.56 Å². The van der Waals surface area contributed by atoms with Crippen LogP contribution in [-0.4, -0.2) is 28.8 Å². The van der Waals surface area contributed by atoms with Crippen LogP contribution in [0.2, 0.25) is 0 Å². The van der Waals surface area contributed by atoms with Crippen LogP contribution in [0.3, 0.4) is 0 Å². The summed E-state index contributed by atoms with van der Waals surface area (Å²) in [6.07, 6.45) is 1.61. The van der Waals surface area contributed by atoms with Crippen molar-refractivity contribution in [3.8, 4) is 0 Å². The van der Waals surface area contributed by atoms with Crippen molar-refractivity contribution in [1.29, 1.82) is 0 Å². The van der Waals surface area contributed by atoms with E-state index in [2.05, 4.69) is 0 Å². The Kier molecular flexibility index (Phi) is 5.29. The summed E-state index contributed by atoms with van der Waals surface area (Å²) < 4.78 is 0. The van der Waals surface area contributed by atoms with E-state index in [1.807, 2.05) is 13.8 Å². The molecule has 0 atom stereocenters. The lowest BCUT2D eigenvalue weighted by molar-refractivity contribution is -0.385. The second-order valence-electron chi connectivity index (χ2n) is 4.33. The van der Waals surface area contributed by atoms with Crippen LogP contribution in [0.4, 0.5) is 11.4 Å². The van der Waals surface area contributed by atoms with Crippen molar-refractivity contribution in [3.05, 3.63) is 33.9 Å². The van der Waals surface area contributed by atoms with Crippen LogP contribution < -0.4 is 5.73 Å². The molecule has 2 N–H and O–H groups in total. The summed E-state index contributed by atoms with van der Waals surface area (Å²) in [5.74, 6) is -0.331. The quantitative estimate of drug-likeness (QED) is 0.486. The third-order valence-electron chi connectivity index (χ3n) is 2.72. The van der Waals surface area contributed by atoms with Crippen molar-refractivity contribution in [2.45, 2.75) is 26.7 Å². The van der Waals surface area contributed by atoms with Crippen LogP contribution in [0, 0.1) is 10.1 Å². The lowest BCUT2D eigenvalue weighted by Gasteiger charge is -2.21. The van der Waals surface area contributed by atoms with Gasteiger partial charge in [-0.2, -0.15) is 0 Å². The van der Waals surface area contributed by atoms with Gasteiger partial charge in [-0.1, -0.05) is 13.8 Å². The van der Waals surface area contributed by atoms with Crippen molar-refractivity contribution in [2.24, 2.45) is 0 Å². The number of nitro groups is 1. The van der Waals surface area contributed by atoms with E-state index in [1.165, 1.54) is 18.2 Å². The molecular weight excluding hydrogens is 246 g/mol. The summed E-state index contributed by atoms with van der Waals surface area (Å²) in [4.78, 5) is 24.4. The van der Waals surface area contributed by atoms with Gasteiger partial charge in [0.25, 0.3) is 11.6 Å². The number of anilines is 1. The molecule has 1 amide bonds. The van der Waals surface area contributed by atoms with Crippen LogP contribution in [0.1, 0.15) is 37.0 Å². The van der Waals surface area contributed by atoms with E-state index in [1.54, 1.807) is 4.90 Å². The maximum Gasteiger partial charge on any atom is 0.282 e. The summed E-state index contributed by atoms with van der Waals surface area (Å²) in [6.45, 7) is 5.09. The fraction of sp³-hybridized carbons (Fsp3) is 0.462. The molecule has 0 aliphatic heterocycles. The van der Waals surface area contributed by atoms with E-state index in [4.69, 9.17) is 5.73 Å². The van der Waals surface area contributed by atoms with Gasteiger partial charge in [0, 0.05) is 24.8 Å². The lowest BCUT2D eigenvalue weighted by atomic mass is 10.1. The molecule has 0 bridgehead atoms. The van der Waals surface area contributed by atoms with Crippen molar-refractivity contribution in [3.63, 3.8) is 0 Å². The monoisotopic (exact) mass is 265 g/mol. The molecule has 0 aliphatic rings. The second-order valence-corrected chi connectivity index (χ2v) is 4.33. The zero-order chi connectivity index (χ0) is 14.4. The number of amides is 1. The van der Waals surface area contributed by atoms with E-state index < -0.39 is 4.92 Å². The normalized spacial score (nSPS) is 10.2. The molecule has 0 fully saturated rings. The van der Waals surface area contributed by atoms with Gasteiger partial charge in [-0.25, -0.2) is 0 Å². The first-order valence-electron chi connectivity index (χ1n) is 6.34. The number of carbonyl (C=O) groups is 1. The molecule has 0 radical (unpaired) electrons. The highest BCUT2D eigenvalue weighted by molar-refractivity contribution is 5.99. The molecule has 0 saturated carbocycles. The molecule has 0 heterocycles. The molecule has 0 unspecified atom stereocenters. The minimum Gasteiger partial charge on any atom is -0.399 e. The van der Waals surface area contributed by atoms with Crippen LogP contribution in [0.25, 0.3) is 0 Å². The Morgan fingerprint density at radius 3 is 2.37 bits per heavy atom. The molecular formula is C13H19N3O3. The fourth-order valence-electron chi connectivity index (χ4n) is 1.91. The Bertz CT molecular complexity index is 468. The van der Waals surface area contributed by atoms with Gasteiger partial charge in [-0.05, 0) is 25.0 Å². The standard InChI is InChI=1S/C13H19N3O3/c1-3-7-15(8-4-2)13(17)11-9-10(14)5-6-12(11)16(18)19/h5-6,9H,3-4,7-8,14H2,1-2H3. The summed E-state index contributed by atoms with van der Waals surface area (Å²) in [5, 5.41) is 11.0. The van der Waals surface area contributed by atoms with E-state index in [9.17, 15) is 14.9 Å². The average molecular weight is 265 g/mol. The van der Waals surface area contributed by atoms with Crippen LogP contribution >= 0.6 is 0 Å². The van der Waals surface area contributed by atoms with Crippen LogP contribution in [-0.2, 0) is 0 Å². The number of benzene rings is 1. The Balaban J connectivity index is 3.15. The number of hydrogen-bond acceptors (Lipinski definition) is 4. The highest BCUT2D eigenvalue weighted by atomic mass is 16.6. The Hall–Kier alpha value is -2.11. The van der Waals surface area contributed by atoms with Crippen molar-refractivity contribution in [2.75, 3.05) is 18.8 Å². The molecule has 1 aromatic rings. The maximum atomic E-state index is 12.4. The molecule has 0 aliphatic carbocycles. The van der Waals surface area contributed by atoms with E-state index in [0.29, 0.717) is 18.8 Å². The van der Waals surface area contributed by atoms with Gasteiger partial charge in [-0.3, -0.25) is 14.9 Å². The average Bonchev–Trinajstić information content (AvgIpc) is 2.37. The summed E-state index contributed by atoms with van der Waals surface area (Å²) >= 11 is 0. The molecule has 19 heavy (non-hydrogen) atoms. The molecule has 6 heteroatoms. The number of nitrogens with zero attached hydrogens (tertiary/aromatic N) is 2. The highest BCUT2D eigenvalue weighted by Gasteiger charge is 2.24. The molecule has 1 aromatic carbocycles. The Labute approximate surface area is 112 Å². The van der Waals surface area contributed by atoms with E-state index >= 15 is 0 Å². The summed E-state index contributed by atoms with van der Waals surface area (Å²) in [7, 11) is 0. The summed E-state index contributed by atoms with van der Waals surface area (Å²) in [5.41, 5.74) is 5.83.